The van der Waals surface area contributed by atoms with Crippen molar-refractivity contribution in [2.75, 3.05) is 26.7 Å². The quantitative estimate of drug-likeness (QED) is 0.593. The number of fused-ring (bicyclic) bond motifs is 1. The molecule has 0 atom stereocenters. The highest BCUT2D eigenvalue weighted by Gasteiger charge is 2.20. The number of H-pyrrole nitrogens is 1. The van der Waals surface area contributed by atoms with E-state index in [0.29, 0.717) is 29.1 Å². The summed E-state index contributed by atoms with van der Waals surface area (Å²) >= 11 is 0. The molecular weight excluding hydrogens is 402 g/mol. The molecule has 0 saturated carbocycles. The first-order valence-electron chi connectivity index (χ1n) is 10.4. The summed E-state index contributed by atoms with van der Waals surface area (Å²) in [5.41, 5.74) is 2.57. The fourth-order valence-corrected chi connectivity index (χ4v) is 3.95. The molecule has 1 aliphatic heterocycles. The summed E-state index contributed by atoms with van der Waals surface area (Å²) in [7, 11) is 1.66. The first-order chi connectivity index (χ1) is 15.0. The largest absolute Gasteiger partial charge is 0.497 e. The van der Waals surface area contributed by atoms with Crippen LogP contribution in [0.4, 0.5) is 8.78 Å². The topological polar surface area (TPSA) is 70.2 Å². The second-order valence-corrected chi connectivity index (χ2v) is 7.93. The molecule has 2 N–H and O–H groups in total. The van der Waals surface area contributed by atoms with Crippen molar-refractivity contribution in [3.8, 4) is 5.75 Å². The Hall–Kier alpha value is -3.00. The highest BCUT2D eigenvalue weighted by Crippen LogP contribution is 2.22. The number of likely N-dealkylation sites (tertiary alicyclic amines) is 1. The number of hydrogen-bond donors (Lipinski definition) is 2. The van der Waals surface area contributed by atoms with Crippen molar-refractivity contribution in [3.63, 3.8) is 0 Å². The van der Waals surface area contributed by atoms with Crippen LogP contribution in [0.1, 0.15) is 41.0 Å². The van der Waals surface area contributed by atoms with Gasteiger partial charge in [-0.05, 0) is 67.7 Å². The normalized spacial score (nSPS) is 15.5. The molecule has 164 valence electrons. The van der Waals surface area contributed by atoms with E-state index in [2.05, 4.69) is 32.3 Å². The molecule has 0 spiro atoms. The molecule has 1 fully saturated rings. The zero-order valence-electron chi connectivity index (χ0n) is 17.4. The van der Waals surface area contributed by atoms with Crippen LogP contribution in [0.3, 0.4) is 0 Å². The molecule has 0 bridgehead atoms. The van der Waals surface area contributed by atoms with Crippen molar-refractivity contribution in [1.82, 2.24) is 20.2 Å². The number of nitrogens with zero attached hydrogens (tertiary/aromatic N) is 2. The number of nitrogens with one attached hydrogen (secondary N) is 2. The Balaban J connectivity index is 1.25. The first kappa shape index (κ1) is 21.2. The maximum Gasteiger partial charge on any atom is 0.295 e. The number of alkyl halides is 2. The molecule has 0 radical (unpaired) electrons. The Labute approximate surface area is 179 Å². The molecule has 2 heterocycles. The molecule has 3 aromatic rings. The van der Waals surface area contributed by atoms with Crippen LogP contribution in [0, 0.1) is 5.92 Å². The number of ether oxygens (including phenoxy) is 1. The highest BCUT2D eigenvalue weighted by atomic mass is 19.3. The molecule has 31 heavy (non-hydrogen) atoms. The van der Waals surface area contributed by atoms with Gasteiger partial charge in [0.2, 0.25) is 0 Å². The van der Waals surface area contributed by atoms with Gasteiger partial charge in [0.25, 0.3) is 12.3 Å². The Morgan fingerprint density at radius 3 is 2.65 bits per heavy atom. The van der Waals surface area contributed by atoms with Gasteiger partial charge in [0, 0.05) is 18.7 Å². The monoisotopic (exact) mass is 428 g/mol. The number of aromatic nitrogens is 2. The number of benzene rings is 2. The van der Waals surface area contributed by atoms with E-state index < -0.39 is 6.43 Å². The minimum atomic E-state index is -2.67. The van der Waals surface area contributed by atoms with Crippen molar-refractivity contribution in [2.24, 2.45) is 5.92 Å². The van der Waals surface area contributed by atoms with E-state index in [1.807, 2.05) is 12.1 Å². The lowest BCUT2D eigenvalue weighted by Gasteiger charge is -2.32. The van der Waals surface area contributed by atoms with Gasteiger partial charge in [-0.2, -0.15) is 0 Å². The Kier molecular flexibility index (Phi) is 6.46. The predicted molar refractivity (Wildman–Crippen MR) is 114 cm³/mol. The van der Waals surface area contributed by atoms with Gasteiger partial charge in [-0.3, -0.25) is 9.69 Å². The summed E-state index contributed by atoms with van der Waals surface area (Å²) in [6, 6.07) is 12.9. The third-order valence-electron chi connectivity index (χ3n) is 5.79. The van der Waals surface area contributed by atoms with E-state index in [0.717, 1.165) is 38.2 Å². The minimum Gasteiger partial charge on any atom is -0.497 e. The molecule has 4 rings (SSSR count). The lowest BCUT2D eigenvalue weighted by atomic mass is 9.96. The molecular formula is C23H26F2N4O2. The minimum absolute atomic E-state index is 0.198. The van der Waals surface area contributed by atoms with Gasteiger partial charge in [0.05, 0.1) is 18.1 Å². The van der Waals surface area contributed by atoms with Gasteiger partial charge < -0.3 is 15.0 Å². The lowest BCUT2D eigenvalue weighted by Crippen LogP contribution is -2.38. The molecule has 0 unspecified atom stereocenters. The predicted octanol–water partition coefficient (Wildman–Crippen LogP) is 4.15. The average molecular weight is 428 g/mol. The first-order valence-corrected chi connectivity index (χ1v) is 10.4. The molecule has 0 aliphatic carbocycles. The van der Waals surface area contributed by atoms with Crippen LogP contribution in [0.2, 0.25) is 0 Å². The van der Waals surface area contributed by atoms with E-state index in [1.54, 1.807) is 25.3 Å². The number of imidazole rings is 1. The lowest BCUT2D eigenvalue weighted by molar-refractivity contribution is 0.0935. The zero-order valence-corrected chi connectivity index (χ0v) is 17.4. The molecule has 1 aromatic heterocycles. The van der Waals surface area contributed by atoms with E-state index in [1.165, 1.54) is 5.56 Å². The number of carbonyl (C=O) groups excluding carboxylic acids is 1. The van der Waals surface area contributed by atoms with Gasteiger partial charge in [0.15, 0.2) is 5.82 Å². The summed E-state index contributed by atoms with van der Waals surface area (Å²) in [5, 5.41) is 2.99. The van der Waals surface area contributed by atoms with Gasteiger partial charge in [-0.15, -0.1) is 0 Å². The van der Waals surface area contributed by atoms with E-state index in [4.69, 9.17) is 4.74 Å². The van der Waals surface area contributed by atoms with Crippen LogP contribution < -0.4 is 10.1 Å². The van der Waals surface area contributed by atoms with Crippen molar-refractivity contribution < 1.29 is 18.3 Å². The fourth-order valence-electron chi connectivity index (χ4n) is 3.95. The molecule has 1 aliphatic rings. The Morgan fingerprint density at radius 2 is 1.97 bits per heavy atom. The molecule has 8 heteroatoms. The van der Waals surface area contributed by atoms with Crippen molar-refractivity contribution in [2.45, 2.75) is 25.8 Å². The number of amides is 1. The standard InChI is InChI=1S/C23H26F2N4O2/c1-31-18-5-2-16(3-6-18)14-29-10-8-15(9-11-29)13-26-23(30)17-4-7-19-20(12-17)28-22(27-19)21(24)25/h2-7,12,15,21H,8-11,13-14H2,1H3,(H,26,30)(H,27,28). The number of hydrogen-bond acceptors (Lipinski definition) is 4. The number of aromatic amines is 1. The molecule has 6 nitrogen and oxygen atoms in total. The van der Waals surface area contributed by atoms with Crippen LogP contribution in [-0.4, -0.2) is 47.5 Å². The highest BCUT2D eigenvalue weighted by molar-refractivity contribution is 5.97. The van der Waals surface area contributed by atoms with Crippen molar-refractivity contribution in [3.05, 3.63) is 59.4 Å². The van der Waals surface area contributed by atoms with E-state index in [-0.39, 0.29) is 11.7 Å². The third kappa shape index (κ3) is 5.19. The summed E-state index contributed by atoms with van der Waals surface area (Å²) in [4.78, 5) is 21.3. The van der Waals surface area contributed by atoms with Gasteiger partial charge in [-0.25, -0.2) is 13.8 Å². The Morgan fingerprint density at radius 1 is 1.23 bits per heavy atom. The number of rotatable bonds is 7. The second kappa shape index (κ2) is 9.43. The second-order valence-electron chi connectivity index (χ2n) is 7.93. The summed E-state index contributed by atoms with van der Waals surface area (Å²) in [6.07, 6.45) is -0.623. The summed E-state index contributed by atoms with van der Waals surface area (Å²) in [6.45, 7) is 3.50. The van der Waals surface area contributed by atoms with Gasteiger partial charge >= 0.3 is 0 Å². The molecule has 2 aromatic carbocycles. The third-order valence-corrected chi connectivity index (χ3v) is 5.79. The molecule has 1 amide bonds. The van der Waals surface area contributed by atoms with Gasteiger partial charge in [0.1, 0.15) is 5.75 Å². The zero-order chi connectivity index (χ0) is 21.8. The smallest absolute Gasteiger partial charge is 0.295 e. The maximum atomic E-state index is 12.8. The fraction of sp³-hybridized carbons (Fsp3) is 0.391. The SMILES string of the molecule is COc1ccc(CN2CCC(CNC(=O)c3ccc4nc(C(F)F)[nH]c4c3)CC2)cc1. The number of piperidine rings is 1. The number of methoxy groups -OCH3 is 1. The van der Waals surface area contributed by atoms with Crippen LogP contribution >= 0.6 is 0 Å². The maximum absolute atomic E-state index is 12.8. The molecule has 1 saturated heterocycles. The van der Waals surface area contributed by atoms with Crippen molar-refractivity contribution >= 4 is 16.9 Å². The van der Waals surface area contributed by atoms with Crippen LogP contribution in [0.15, 0.2) is 42.5 Å². The van der Waals surface area contributed by atoms with Gasteiger partial charge in [-0.1, -0.05) is 12.1 Å². The summed E-state index contributed by atoms with van der Waals surface area (Å²) in [5.74, 6) is 0.710. The van der Waals surface area contributed by atoms with E-state index >= 15 is 0 Å². The average Bonchev–Trinajstić information content (AvgIpc) is 3.23. The number of carbonyl (C=O) groups is 1. The van der Waals surface area contributed by atoms with Crippen LogP contribution in [-0.2, 0) is 6.54 Å². The number of halogens is 2. The summed E-state index contributed by atoms with van der Waals surface area (Å²) < 4.78 is 30.8. The van der Waals surface area contributed by atoms with Crippen molar-refractivity contribution in [1.29, 1.82) is 0 Å². The van der Waals surface area contributed by atoms with Crippen LogP contribution in [0.25, 0.3) is 11.0 Å². The van der Waals surface area contributed by atoms with Crippen LogP contribution in [0.5, 0.6) is 5.75 Å². The van der Waals surface area contributed by atoms with E-state index in [9.17, 15) is 13.6 Å². The Bertz CT molecular complexity index is 1030.